The number of hydrogen-bond donors (Lipinski definition) is 0. The summed E-state index contributed by atoms with van der Waals surface area (Å²) in [6, 6.07) is 15.7. The van der Waals surface area contributed by atoms with Crippen LogP contribution in [-0.4, -0.2) is 5.91 Å². The van der Waals surface area contributed by atoms with E-state index < -0.39 is 0 Å². The van der Waals surface area contributed by atoms with Gasteiger partial charge >= 0.3 is 0 Å². The first kappa shape index (κ1) is 10.1. The second kappa shape index (κ2) is 3.74. The Labute approximate surface area is 100 Å². The van der Waals surface area contributed by atoms with Crippen LogP contribution in [0.4, 0.5) is 5.69 Å². The second-order valence-corrected chi connectivity index (χ2v) is 4.33. The Bertz CT molecular complexity index is 575. The third kappa shape index (κ3) is 1.53. The van der Waals surface area contributed by atoms with Crippen LogP contribution in [0.5, 0.6) is 0 Å². The number of benzene rings is 2. The number of anilines is 1. The molecular formula is C15H13NO. The predicted octanol–water partition coefficient (Wildman–Crippen LogP) is 3.16. The summed E-state index contributed by atoms with van der Waals surface area (Å²) in [7, 11) is 0. The van der Waals surface area contributed by atoms with E-state index in [2.05, 4.69) is 13.0 Å². The highest BCUT2D eigenvalue weighted by Crippen LogP contribution is 2.29. The number of para-hydroxylation sites is 1. The normalized spacial score (nSPS) is 13.9. The summed E-state index contributed by atoms with van der Waals surface area (Å²) >= 11 is 0. The molecule has 17 heavy (non-hydrogen) atoms. The quantitative estimate of drug-likeness (QED) is 0.727. The lowest BCUT2D eigenvalue weighted by Gasteiger charge is -2.15. The molecule has 2 aromatic carbocycles. The van der Waals surface area contributed by atoms with Crippen LogP contribution in [0.2, 0.25) is 0 Å². The first-order valence-electron chi connectivity index (χ1n) is 5.73. The smallest absolute Gasteiger partial charge is 0.258 e. The molecule has 0 atom stereocenters. The molecule has 1 aliphatic rings. The van der Waals surface area contributed by atoms with Crippen LogP contribution in [0.3, 0.4) is 0 Å². The van der Waals surface area contributed by atoms with Crippen molar-refractivity contribution < 1.29 is 4.79 Å². The van der Waals surface area contributed by atoms with Crippen LogP contribution in [0, 0.1) is 6.92 Å². The zero-order valence-corrected chi connectivity index (χ0v) is 9.68. The number of amides is 1. The lowest BCUT2D eigenvalue weighted by atomic mass is 10.1. The van der Waals surface area contributed by atoms with Crippen molar-refractivity contribution in [1.29, 1.82) is 0 Å². The van der Waals surface area contributed by atoms with Gasteiger partial charge in [-0.2, -0.15) is 0 Å². The number of hydrogen-bond acceptors (Lipinski definition) is 1. The number of fused-ring (bicyclic) bond motifs is 1. The van der Waals surface area contributed by atoms with E-state index in [-0.39, 0.29) is 5.91 Å². The molecule has 1 aliphatic heterocycles. The topological polar surface area (TPSA) is 20.3 Å². The highest BCUT2D eigenvalue weighted by atomic mass is 16.2. The summed E-state index contributed by atoms with van der Waals surface area (Å²) in [5.74, 6) is 0.106. The third-order valence-corrected chi connectivity index (χ3v) is 3.27. The molecule has 0 N–H and O–H groups in total. The number of carbonyl (C=O) groups is 1. The van der Waals surface area contributed by atoms with Crippen LogP contribution in [0.1, 0.15) is 21.5 Å². The van der Waals surface area contributed by atoms with Gasteiger partial charge in [0, 0.05) is 11.3 Å². The second-order valence-electron chi connectivity index (χ2n) is 4.33. The van der Waals surface area contributed by atoms with Gasteiger partial charge in [0.25, 0.3) is 5.91 Å². The molecule has 0 bridgehead atoms. The lowest BCUT2D eigenvalue weighted by Crippen LogP contribution is -2.22. The maximum atomic E-state index is 12.3. The van der Waals surface area contributed by atoms with Crippen molar-refractivity contribution in [3.05, 3.63) is 65.2 Å². The molecule has 2 heteroatoms. The van der Waals surface area contributed by atoms with Crippen molar-refractivity contribution in [3.63, 3.8) is 0 Å². The highest BCUT2D eigenvalue weighted by molar-refractivity contribution is 6.10. The molecule has 2 nitrogen and oxygen atoms in total. The number of carbonyl (C=O) groups excluding carboxylic acids is 1. The van der Waals surface area contributed by atoms with Crippen molar-refractivity contribution in [2.75, 3.05) is 4.90 Å². The average Bonchev–Trinajstić information content (AvgIpc) is 2.70. The molecule has 0 radical (unpaired) electrons. The molecule has 0 unspecified atom stereocenters. The van der Waals surface area contributed by atoms with Crippen molar-refractivity contribution in [2.24, 2.45) is 0 Å². The van der Waals surface area contributed by atoms with E-state index in [1.807, 2.05) is 47.4 Å². The van der Waals surface area contributed by atoms with E-state index >= 15 is 0 Å². The van der Waals surface area contributed by atoms with Crippen molar-refractivity contribution in [3.8, 4) is 0 Å². The molecule has 0 fully saturated rings. The van der Waals surface area contributed by atoms with Gasteiger partial charge in [0.15, 0.2) is 0 Å². The molecule has 0 saturated heterocycles. The third-order valence-electron chi connectivity index (χ3n) is 3.27. The first-order valence-corrected chi connectivity index (χ1v) is 5.73. The van der Waals surface area contributed by atoms with E-state index in [4.69, 9.17) is 0 Å². The Kier molecular flexibility index (Phi) is 2.22. The Morgan fingerprint density at radius 1 is 1.00 bits per heavy atom. The minimum absolute atomic E-state index is 0.106. The van der Waals surface area contributed by atoms with E-state index in [0.29, 0.717) is 6.54 Å². The standard InChI is InChI=1S/C15H13NO/c1-11-6-5-9-13-14(11)10-16(15(13)17)12-7-3-2-4-8-12/h2-9H,10H2,1H3. The summed E-state index contributed by atoms with van der Waals surface area (Å²) in [5, 5.41) is 0. The zero-order valence-electron chi connectivity index (χ0n) is 9.68. The molecular weight excluding hydrogens is 210 g/mol. The molecule has 0 spiro atoms. The summed E-state index contributed by atoms with van der Waals surface area (Å²) in [6.45, 7) is 2.74. The molecule has 0 saturated carbocycles. The molecule has 84 valence electrons. The summed E-state index contributed by atoms with van der Waals surface area (Å²) in [6.07, 6.45) is 0. The largest absolute Gasteiger partial charge is 0.304 e. The SMILES string of the molecule is Cc1cccc2c1CN(c1ccccc1)C2=O. The van der Waals surface area contributed by atoms with Gasteiger partial charge in [-0.05, 0) is 36.2 Å². The maximum Gasteiger partial charge on any atom is 0.258 e. The summed E-state index contributed by atoms with van der Waals surface area (Å²) in [5.41, 5.74) is 4.15. The van der Waals surface area contributed by atoms with Crippen molar-refractivity contribution in [2.45, 2.75) is 13.5 Å². The summed E-state index contributed by atoms with van der Waals surface area (Å²) in [4.78, 5) is 14.1. The molecule has 0 aliphatic carbocycles. The van der Waals surface area contributed by atoms with Crippen LogP contribution in [-0.2, 0) is 6.54 Å². The van der Waals surface area contributed by atoms with Crippen LogP contribution in [0.25, 0.3) is 0 Å². The number of nitrogens with zero attached hydrogens (tertiary/aromatic N) is 1. The molecule has 3 rings (SSSR count). The monoisotopic (exact) mass is 223 g/mol. The predicted molar refractivity (Wildman–Crippen MR) is 68.1 cm³/mol. The summed E-state index contributed by atoms with van der Waals surface area (Å²) < 4.78 is 0. The Morgan fingerprint density at radius 2 is 1.76 bits per heavy atom. The number of aryl methyl sites for hydroxylation is 1. The average molecular weight is 223 g/mol. The molecule has 2 aromatic rings. The van der Waals surface area contributed by atoms with Crippen LogP contribution < -0.4 is 4.90 Å². The van der Waals surface area contributed by atoms with E-state index in [1.54, 1.807) is 0 Å². The van der Waals surface area contributed by atoms with Gasteiger partial charge in [0.05, 0.1) is 6.54 Å². The van der Waals surface area contributed by atoms with Crippen molar-refractivity contribution >= 4 is 11.6 Å². The van der Waals surface area contributed by atoms with Gasteiger partial charge in [-0.25, -0.2) is 0 Å². The van der Waals surface area contributed by atoms with Gasteiger partial charge in [-0.1, -0.05) is 30.3 Å². The van der Waals surface area contributed by atoms with Gasteiger partial charge in [-0.3, -0.25) is 4.79 Å². The highest BCUT2D eigenvalue weighted by Gasteiger charge is 2.28. The number of rotatable bonds is 1. The first-order chi connectivity index (χ1) is 8.27. The van der Waals surface area contributed by atoms with Gasteiger partial charge in [0.1, 0.15) is 0 Å². The van der Waals surface area contributed by atoms with Crippen molar-refractivity contribution in [1.82, 2.24) is 0 Å². The fourth-order valence-electron chi connectivity index (χ4n) is 2.30. The fourth-order valence-corrected chi connectivity index (χ4v) is 2.30. The van der Waals surface area contributed by atoms with Gasteiger partial charge < -0.3 is 4.90 Å². The lowest BCUT2D eigenvalue weighted by molar-refractivity contribution is 0.0996. The van der Waals surface area contributed by atoms with Gasteiger partial charge in [0.2, 0.25) is 0 Å². The molecule has 0 aromatic heterocycles. The van der Waals surface area contributed by atoms with Crippen LogP contribution in [0.15, 0.2) is 48.5 Å². The Balaban J connectivity index is 2.05. The maximum absolute atomic E-state index is 12.3. The van der Waals surface area contributed by atoms with Crippen LogP contribution >= 0.6 is 0 Å². The van der Waals surface area contributed by atoms with E-state index in [0.717, 1.165) is 16.8 Å². The molecule has 1 heterocycles. The van der Waals surface area contributed by atoms with E-state index in [1.165, 1.54) is 5.56 Å². The van der Waals surface area contributed by atoms with Gasteiger partial charge in [-0.15, -0.1) is 0 Å². The Morgan fingerprint density at radius 3 is 2.47 bits per heavy atom. The Hall–Kier alpha value is -2.09. The zero-order chi connectivity index (χ0) is 11.8. The van der Waals surface area contributed by atoms with E-state index in [9.17, 15) is 4.79 Å². The molecule has 1 amide bonds. The fraction of sp³-hybridized carbons (Fsp3) is 0.133. The minimum Gasteiger partial charge on any atom is -0.304 e. The minimum atomic E-state index is 0.106.